The molecule has 1 aromatic carbocycles. The number of carbonyl (C=O) groups is 1. The second-order valence-electron chi connectivity index (χ2n) is 5.94. The van der Waals surface area contributed by atoms with Gasteiger partial charge in [-0.15, -0.1) is 0 Å². The van der Waals surface area contributed by atoms with Crippen LogP contribution in [0.3, 0.4) is 0 Å². The molecule has 4 heteroatoms. The fourth-order valence-corrected chi connectivity index (χ4v) is 2.75. The lowest BCUT2D eigenvalue weighted by molar-refractivity contribution is 0.0697. The third kappa shape index (κ3) is 2.53. The molecular weight excluding hydrogens is 294 g/mol. The van der Waals surface area contributed by atoms with Crippen LogP contribution in [0.4, 0.5) is 5.69 Å². The number of hydrogen-bond acceptors (Lipinski definition) is 2. The Morgan fingerprint density at radius 2 is 2.00 bits per heavy atom. The monoisotopic (exact) mass is 311 g/mol. The van der Waals surface area contributed by atoms with Gasteiger partial charge < -0.3 is 10.0 Å². The zero-order chi connectivity index (χ0) is 13.5. The number of nitrogens with zero attached hydrogens (tertiary/aromatic N) is 1. The van der Waals surface area contributed by atoms with Gasteiger partial charge in [0.15, 0.2) is 0 Å². The molecule has 0 atom stereocenters. The molecule has 18 heavy (non-hydrogen) atoms. The van der Waals surface area contributed by atoms with Crippen LogP contribution in [0, 0.1) is 11.3 Å². The standard InChI is InChI=1S/C14H18BrNO2/c1-14(2,3)10-7-16(8-10)12-5-4-9(13(17)18)6-11(12)15/h4-6,10H,7-8H2,1-3H3,(H,17,18). The molecule has 0 aliphatic carbocycles. The molecule has 3 nitrogen and oxygen atoms in total. The Morgan fingerprint density at radius 1 is 1.39 bits per heavy atom. The minimum atomic E-state index is -0.890. The Morgan fingerprint density at radius 3 is 2.44 bits per heavy atom. The lowest BCUT2D eigenvalue weighted by atomic mass is 9.76. The van der Waals surface area contributed by atoms with Gasteiger partial charge >= 0.3 is 5.97 Å². The molecule has 0 bridgehead atoms. The number of rotatable bonds is 2. The van der Waals surface area contributed by atoms with Gasteiger partial charge in [0.1, 0.15) is 0 Å². The van der Waals surface area contributed by atoms with Crippen LogP contribution >= 0.6 is 15.9 Å². The van der Waals surface area contributed by atoms with Crippen molar-refractivity contribution < 1.29 is 9.90 Å². The summed E-state index contributed by atoms with van der Waals surface area (Å²) in [5.74, 6) is -0.193. The van der Waals surface area contributed by atoms with Gasteiger partial charge in [-0.1, -0.05) is 20.8 Å². The molecule has 1 aliphatic heterocycles. The van der Waals surface area contributed by atoms with Crippen molar-refractivity contribution in [1.29, 1.82) is 0 Å². The lowest BCUT2D eigenvalue weighted by Crippen LogP contribution is -2.52. The van der Waals surface area contributed by atoms with E-state index >= 15 is 0 Å². The minimum absolute atomic E-state index is 0.318. The maximum absolute atomic E-state index is 10.9. The van der Waals surface area contributed by atoms with Crippen molar-refractivity contribution in [2.75, 3.05) is 18.0 Å². The Hall–Kier alpha value is -1.03. The molecule has 0 saturated carbocycles. The first-order chi connectivity index (χ1) is 8.29. The number of aromatic carboxylic acids is 1. The predicted molar refractivity (Wildman–Crippen MR) is 76.3 cm³/mol. The third-order valence-electron chi connectivity index (χ3n) is 3.64. The number of halogens is 1. The van der Waals surface area contributed by atoms with E-state index in [-0.39, 0.29) is 0 Å². The first kappa shape index (κ1) is 13.4. The van der Waals surface area contributed by atoms with Crippen LogP contribution in [0.15, 0.2) is 22.7 Å². The molecule has 0 spiro atoms. The van der Waals surface area contributed by atoms with E-state index in [0.29, 0.717) is 16.9 Å². The molecule has 1 fully saturated rings. The molecule has 98 valence electrons. The molecular formula is C14H18BrNO2. The van der Waals surface area contributed by atoms with Gasteiger partial charge in [-0.05, 0) is 45.5 Å². The van der Waals surface area contributed by atoms with E-state index in [1.54, 1.807) is 12.1 Å². The summed E-state index contributed by atoms with van der Waals surface area (Å²) < 4.78 is 0.856. The van der Waals surface area contributed by atoms with E-state index in [2.05, 4.69) is 41.6 Å². The minimum Gasteiger partial charge on any atom is -0.478 e. The summed E-state index contributed by atoms with van der Waals surface area (Å²) in [6.45, 7) is 8.86. The zero-order valence-electron chi connectivity index (χ0n) is 10.9. The van der Waals surface area contributed by atoms with Crippen molar-refractivity contribution in [3.05, 3.63) is 28.2 Å². The molecule has 0 aromatic heterocycles. The van der Waals surface area contributed by atoms with Gasteiger partial charge in [0.2, 0.25) is 0 Å². The summed E-state index contributed by atoms with van der Waals surface area (Å²) in [5, 5.41) is 8.92. The molecule has 0 amide bonds. The lowest BCUT2D eigenvalue weighted by Gasteiger charge is -2.48. The largest absolute Gasteiger partial charge is 0.478 e. The summed E-state index contributed by atoms with van der Waals surface area (Å²) >= 11 is 3.46. The third-order valence-corrected chi connectivity index (χ3v) is 4.28. The van der Waals surface area contributed by atoms with Crippen LogP contribution in [0.1, 0.15) is 31.1 Å². The molecule has 1 aliphatic rings. The Labute approximate surface area is 116 Å². The molecule has 2 rings (SSSR count). The topological polar surface area (TPSA) is 40.5 Å². The zero-order valence-corrected chi connectivity index (χ0v) is 12.5. The number of anilines is 1. The molecule has 0 unspecified atom stereocenters. The molecule has 1 N–H and O–H groups in total. The van der Waals surface area contributed by atoms with Gasteiger partial charge in [-0.2, -0.15) is 0 Å². The quantitative estimate of drug-likeness (QED) is 0.906. The summed E-state index contributed by atoms with van der Waals surface area (Å²) in [7, 11) is 0. The Kier molecular flexibility index (Phi) is 3.41. The first-order valence-electron chi connectivity index (χ1n) is 6.07. The average molecular weight is 312 g/mol. The average Bonchev–Trinajstić information content (AvgIpc) is 2.15. The fourth-order valence-electron chi connectivity index (χ4n) is 2.12. The van der Waals surface area contributed by atoms with Crippen LogP contribution in [0.25, 0.3) is 0 Å². The highest BCUT2D eigenvalue weighted by Crippen LogP contribution is 2.39. The normalized spacial score (nSPS) is 16.6. The van der Waals surface area contributed by atoms with Gasteiger partial charge in [0.25, 0.3) is 0 Å². The first-order valence-corrected chi connectivity index (χ1v) is 6.86. The van der Waals surface area contributed by atoms with Crippen molar-refractivity contribution >= 4 is 27.6 Å². The SMILES string of the molecule is CC(C)(C)C1CN(c2ccc(C(=O)O)cc2Br)C1. The maximum Gasteiger partial charge on any atom is 0.335 e. The van der Waals surface area contributed by atoms with E-state index in [9.17, 15) is 4.79 Å². The van der Waals surface area contributed by atoms with Crippen molar-refractivity contribution in [3.63, 3.8) is 0 Å². The Balaban J connectivity index is 2.11. The van der Waals surface area contributed by atoms with Crippen molar-refractivity contribution in [1.82, 2.24) is 0 Å². The van der Waals surface area contributed by atoms with Crippen LogP contribution in [-0.2, 0) is 0 Å². The number of carboxylic acids is 1. The smallest absolute Gasteiger partial charge is 0.335 e. The van der Waals surface area contributed by atoms with Crippen LogP contribution in [0.5, 0.6) is 0 Å². The highest BCUT2D eigenvalue weighted by Gasteiger charge is 2.36. The second-order valence-corrected chi connectivity index (χ2v) is 6.79. The van der Waals surface area contributed by atoms with E-state index in [0.717, 1.165) is 23.2 Å². The molecule has 1 heterocycles. The summed E-state index contributed by atoms with van der Waals surface area (Å²) in [5.41, 5.74) is 1.74. The van der Waals surface area contributed by atoms with E-state index in [1.165, 1.54) is 0 Å². The number of benzene rings is 1. The predicted octanol–water partition coefficient (Wildman–Crippen LogP) is 3.63. The van der Waals surface area contributed by atoms with E-state index < -0.39 is 5.97 Å². The van der Waals surface area contributed by atoms with E-state index in [1.807, 2.05) is 6.07 Å². The van der Waals surface area contributed by atoms with Crippen LogP contribution in [-0.4, -0.2) is 24.2 Å². The molecule has 0 radical (unpaired) electrons. The van der Waals surface area contributed by atoms with Crippen molar-refractivity contribution in [2.45, 2.75) is 20.8 Å². The van der Waals surface area contributed by atoms with Gasteiger partial charge in [-0.3, -0.25) is 0 Å². The van der Waals surface area contributed by atoms with Gasteiger partial charge in [0.05, 0.1) is 11.3 Å². The van der Waals surface area contributed by atoms with Crippen LogP contribution < -0.4 is 4.90 Å². The van der Waals surface area contributed by atoms with Gasteiger partial charge in [-0.25, -0.2) is 4.79 Å². The highest BCUT2D eigenvalue weighted by molar-refractivity contribution is 9.10. The summed E-state index contributed by atoms with van der Waals surface area (Å²) in [4.78, 5) is 13.2. The Bertz CT molecular complexity index is 473. The second kappa shape index (κ2) is 4.57. The van der Waals surface area contributed by atoms with E-state index in [4.69, 9.17) is 5.11 Å². The number of carboxylic acid groups (broad SMARTS) is 1. The summed E-state index contributed by atoms with van der Waals surface area (Å²) in [6, 6.07) is 5.21. The fraction of sp³-hybridized carbons (Fsp3) is 0.500. The molecule has 1 saturated heterocycles. The van der Waals surface area contributed by atoms with Crippen molar-refractivity contribution in [3.8, 4) is 0 Å². The summed E-state index contributed by atoms with van der Waals surface area (Å²) in [6.07, 6.45) is 0. The van der Waals surface area contributed by atoms with Crippen molar-refractivity contribution in [2.24, 2.45) is 11.3 Å². The van der Waals surface area contributed by atoms with Crippen LogP contribution in [0.2, 0.25) is 0 Å². The maximum atomic E-state index is 10.9. The number of hydrogen-bond donors (Lipinski definition) is 1. The molecule has 1 aromatic rings. The van der Waals surface area contributed by atoms with Gasteiger partial charge in [0, 0.05) is 17.6 Å². The highest BCUT2D eigenvalue weighted by atomic mass is 79.9.